The van der Waals surface area contributed by atoms with Crippen molar-refractivity contribution in [1.82, 2.24) is 20.6 Å². The summed E-state index contributed by atoms with van der Waals surface area (Å²) in [4.78, 5) is 44.9. The number of halogens is 2. The van der Waals surface area contributed by atoms with Crippen molar-refractivity contribution in [2.45, 2.75) is 65.3 Å². The van der Waals surface area contributed by atoms with Crippen molar-refractivity contribution < 1.29 is 46.9 Å². The van der Waals surface area contributed by atoms with E-state index >= 15 is 0 Å². The molecule has 0 saturated heterocycles. The van der Waals surface area contributed by atoms with Gasteiger partial charge in [-0.2, -0.15) is 8.78 Å². The predicted octanol–water partition coefficient (Wildman–Crippen LogP) is 5.34. The molecule has 4 rings (SSSR count). The number of carboxylic acids is 1. The van der Waals surface area contributed by atoms with Gasteiger partial charge in [-0.15, -0.1) is 0 Å². The van der Waals surface area contributed by atoms with Crippen LogP contribution in [-0.4, -0.2) is 51.9 Å². The van der Waals surface area contributed by atoms with Gasteiger partial charge < -0.3 is 34.4 Å². The minimum atomic E-state index is -3.05. The number of nitrogens with zero attached hydrogens (tertiary/aromatic N) is 2. The fourth-order valence-electron chi connectivity index (χ4n) is 3.88. The summed E-state index contributed by atoms with van der Waals surface area (Å²) in [6, 6.07) is 5.86. The van der Waals surface area contributed by atoms with Gasteiger partial charge in [0.15, 0.2) is 17.3 Å². The van der Waals surface area contributed by atoms with Crippen LogP contribution < -0.4 is 20.1 Å². The standard InChI is InChI=1S/C29H32F2N4O8/c1-15(34-28(39)43-29(2,3)4)23-20(13-33-24(36)19-11-18(26(37)38)9-10-32-19)35-25(42-23)17-7-8-21(41-27(30)31)22(12-17)40-14-16-5-6-16/h7-12,15-16,27H,5-6,13-14H2,1-4H3,(H,33,36)(H,34,39)(H,37,38). The molecule has 2 aromatic heterocycles. The number of ether oxygens (including phenoxy) is 3. The van der Waals surface area contributed by atoms with Gasteiger partial charge >= 0.3 is 18.7 Å². The molecule has 12 nitrogen and oxygen atoms in total. The molecule has 1 unspecified atom stereocenters. The van der Waals surface area contributed by atoms with Crippen molar-refractivity contribution in [3.8, 4) is 23.0 Å². The number of amides is 2. The summed E-state index contributed by atoms with van der Waals surface area (Å²) in [5, 5.41) is 14.5. The van der Waals surface area contributed by atoms with E-state index in [1.165, 1.54) is 30.5 Å². The highest BCUT2D eigenvalue weighted by Crippen LogP contribution is 2.37. The molecule has 1 aliphatic carbocycles. The zero-order valence-electron chi connectivity index (χ0n) is 24.0. The number of benzene rings is 1. The van der Waals surface area contributed by atoms with Gasteiger partial charge in [0.2, 0.25) is 5.89 Å². The van der Waals surface area contributed by atoms with Crippen molar-refractivity contribution in [1.29, 1.82) is 0 Å². The van der Waals surface area contributed by atoms with Crippen molar-refractivity contribution in [2.75, 3.05) is 6.61 Å². The van der Waals surface area contributed by atoms with Crippen LogP contribution in [0.3, 0.4) is 0 Å². The van der Waals surface area contributed by atoms with E-state index in [-0.39, 0.29) is 46.6 Å². The Kier molecular flexibility index (Phi) is 9.46. The highest BCUT2D eigenvalue weighted by molar-refractivity contribution is 5.95. The maximum atomic E-state index is 13.0. The number of hydrogen-bond acceptors (Lipinski definition) is 9. The largest absolute Gasteiger partial charge is 0.489 e. The first-order valence-corrected chi connectivity index (χ1v) is 13.5. The molecule has 1 fully saturated rings. The number of alkyl halides is 2. The van der Waals surface area contributed by atoms with Crippen LogP contribution in [-0.2, 0) is 11.3 Å². The molecule has 0 spiro atoms. The SMILES string of the molecule is CC(NC(=O)OC(C)(C)C)c1oc(-c2ccc(OC(F)F)c(OCC3CC3)c2)nc1CNC(=O)c1cc(C(=O)O)ccn1. The summed E-state index contributed by atoms with van der Waals surface area (Å²) in [5.74, 6) is -1.36. The summed E-state index contributed by atoms with van der Waals surface area (Å²) in [7, 11) is 0. The number of nitrogens with one attached hydrogen (secondary N) is 2. The van der Waals surface area contributed by atoms with E-state index < -0.39 is 36.2 Å². The molecular weight excluding hydrogens is 570 g/mol. The number of alkyl carbamates (subject to hydrolysis) is 1. The number of aromatic nitrogens is 2. The Morgan fingerprint density at radius 3 is 2.53 bits per heavy atom. The average Bonchev–Trinajstić information content (AvgIpc) is 3.66. The van der Waals surface area contributed by atoms with E-state index in [4.69, 9.17) is 13.9 Å². The lowest BCUT2D eigenvalue weighted by Gasteiger charge is -2.21. The number of pyridine rings is 1. The van der Waals surface area contributed by atoms with Crippen LogP contribution in [0.4, 0.5) is 13.6 Å². The third-order valence-electron chi connectivity index (χ3n) is 6.09. The van der Waals surface area contributed by atoms with E-state index in [1.54, 1.807) is 27.7 Å². The Balaban J connectivity index is 1.62. The minimum Gasteiger partial charge on any atom is -0.489 e. The third kappa shape index (κ3) is 8.87. The maximum absolute atomic E-state index is 13.0. The fraction of sp³-hybridized carbons (Fsp3) is 0.414. The van der Waals surface area contributed by atoms with Crippen LogP contribution in [0.5, 0.6) is 11.5 Å². The van der Waals surface area contributed by atoms with E-state index in [2.05, 4.69) is 25.3 Å². The van der Waals surface area contributed by atoms with Gasteiger partial charge in [-0.05, 0) is 76.8 Å². The third-order valence-corrected chi connectivity index (χ3v) is 6.09. The summed E-state index contributed by atoms with van der Waals surface area (Å²) in [6.07, 6.45) is 2.46. The number of aromatic carboxylic acids is 1. The number of rotatable bonds is 12. The molecule has 14 heteroatoms. The van der Waals surface area contributed by atoms with Crippen LogP contribution in [0, 0.1) is 5.92 Å². The van der Waals surface area contributed by atoms with Gasteiger partial charge in [0.25, 0.3) is 5.91 Å². The summed E-state index contributed by atoms with van der Waals surface area (Å²) >= 11 is 0. The Labute approximate surface area is 245 Å². The van der Waals surface area contributed by atoms with Crippen LogP contribution in [0.2, 0.25) is 0 Å². The molecule has 0 radical (unpaired) electrons. The Morgan fingerprint density at radius 2 is 1.88 bits per heavy atom. The monoisotopic (exact) mass is 602 g/mol. The second-order valence-corrected chi connectivity index (χ2v) is 10.9. The first-order valence-electron chi connectivity index (χ1n) is 13.5. The van der Waals surface area contributed by atoms with Gasteiger partial charge in [0.05, 0.1) is 24.8 Å². The van der Waals surface area contributed by atoms with Gasteiger partial charge in [0.1, 0.15) is 17.0 Å². The summed E-state index contributed by atoms with van der Waals surface area (Å²) < 4.78 is 47.7. The molecule has 3 N–H and O–H groups in total. The molecule has 230 valence electrons. The summed E-state index contributed by atoms with van der Waals surface area (Å²) in [5.41, 5.74) is -0.402. The van der Waals surface area contributed by atoms with Gasteiger partial charge in [-0.25, -0.2) is 14.6 Å². The number of hydrogen-bond donors (Lipinski definition) is 3. The van der Waals surface area contributed by atoms with E-state index in [9.17, 15) is 28.3 Å². The van der Waals surface area contributed by atoms with Crippen LogP contribution >= 0.6 is 0 Å². The lowest BCUT2D eigenvalue weighted by molar-refractivity contribution is -0.0515. The van der Waals surface area contributed by atoms with Crippen LogP contribution in [0.15, 0.2) is 40.9 Å². The zero-order valence-corrected chi connectivity index (χ0v) is 24.0. The van der Waals surface area contributed by atoms with Gasteiger partial charge in [0, 0.05) is 11.8 Å². The topological polar surface area (TPSA) is 162 Å². The smallest absolute Gasteiger partial charge is 0.408 e. The lowest BCUT2D eigenvalue weighted by atomic mass is 10.2. The lowest BCUT2D eigenvalue weighted by Crippen LogP contribution is -2.34. The quantitative estimate of drug-likeness (QED) is 0.247. The normalized spacial score (nSPS) is 13.7. The van der Waals surface area contributed by atoms with Crippen LogP contribution in [0.1, 0.15) is 78.9 Å². The molecule has 0 bridgehead atoms. The molecule has 0 aliphatic heterocycles. The Bertz CT molecular complexity index is 1480. The molecule has 43 heavy (non-hydrogen) atoms. The maximum Gasteiger partial charge on any atom is 0.408 e. The molecule has 2 heterocycles. The number of carbonyl (C=O) groups excluding carboxylic acids is 2. The van der Waals surface area contributed by atoms with Crippen molar-refractivity contribution in [3.05, 3.63) is 59.2 Å². The zero-order chi connectivity index (χ0) is 31.3. The molecule has 1 saturated carbocycles. The second kappa shape index (κ2) is 13.0. The fourth-order valence-corrected chi connectivity index (χ4v) is 3.88. The Morgan fingerprint density at radius 1 is 1.14 bits per heavy atom. The molecule has 3 aromatic rings. The van der Waals surface area contributed by atoms with Crippen molar-refractivity contribution in [3.63, 3.8) is 0 Å². The van der Waals surface area contributed by atoms with E-state index in [0.29, 0.717) is 18.1 Å². The van der Waals surface area contributed by atoms with Crippen LogP contribution in [0.25, 0.3) is 11.5 Å². The van der Waals surface area contributed by atoms with Gasteiger partial charge in [-0.1, -0.05) is 0 Å². The molecule has 1 aromatic carbocycles. The number of carboxylic acid groups (broad SMARTS) is 1. The number of oxazole rings is 1. The molecule has 2 amide bonds. The minimum absolute atomic E-state index is 0.0583. The van der Waals surface area contributed by atoms with Crippen molar-refractivity contribution in [2.24, 2.45) is 5.92 Å². The van der Waals surface area contributed by atoms with E-state index in [1.807, 2.05) is 0 Å². The Hall–Kier alpha value is -4.75. The summed E-state index contributed by atoms with van der Waals surface area (Å²) in [6.45, 7) is 3.86. The first-order chi connectivity index (χ1) is 20.3. The highest BCUT2D eigenvalue weighted by Gasteiger charge is 2.27. The predicted molar refractivity (Wildman–Crippen MR) is 147 cm³/mol. The molecule has 1 aliphatic rings. The first kappa shape index (κ1) is 31.2. The van der Waals surface area contributed by atoms with Crippen molar-refractivity contribution >= 4 is 18.0 Å². The highest BCUT2D eigenvalue weighted by atomic mass is 19.3. The average molecular weight is 603 g/mol. The molecule has 1 atom stereocenters. The second-order valence-electron chi connectivity index (χ2n) is 10.9. The number of carbonyl (C=O) groups is 3. The molecular formula is C29H32F2N4O8. The van der Waals surface area contributed by atoms with Gasteiger partial charge in [-0.3, -0.25) is 9.78 Å². The van der Waals surface area contributed by atoms with E-state index in [0.717, 1.165) is 18.9 Å².